The predicted molar refractivity (Wildman–Crippen MR) is 69.3 cm³/mol. The van der Waals surface area contributed by atoms with E-state index in [-0.39, 0.29) is 25.5 Å². The molecule has 1 atom stereocenters. The van der Waals surface area contributed by atoms with E-state index in [1.165, 1.54) is 14.2 Å². The Morgan fingerprint density at radius 3 is 2.35 bits per heavy atom. The molecule has 116 valence electrons. The summed E-state index contributed by atoms with van der Waals surface area (Å²) in [6, 6.07) is -1.80. The van der Waals surface area contributed by atoms with E-state index in [1.54, 1.807) is 0 Å². The topological polar surface area (TPSA) is 126 Å². The highest BCUT2D eigenvalue weighted by molar-refractivity contribution is 5.83. The Morgan fingerprint density at radius 2 is 1.80 bits per heavy atom. The molecule has 0 spiro atoms. The summed E-state index contributed by atoms with van der Waals surface area (Å²) in [4.78, 5) is 33.4. The first-order valence-corrected chi connectivity index (χ1v) is 6.03. The van der Waals surface area contributed by atoms with Crippen molar-refractivity contribution >= 4 is 17.9 Å². The summed E-state index contributed by atoms with van der Waals surface area (Å²) >= 11 is 0. The molecule has 4 N–H and O–H groups in total. The fraction of sp³-hybridized carbons (Fsp3) is 0.727. The minimum absolute atomic E-state index is 0.0964. The summed E-state index contributed by atoms with van der Waals surface area (Å²) in [5.74, 6) is -1.42. The molecule has 0 fully saturated rings. The molecule has 1 unspecified atom stereocenters. The quantitative estimate of drug-likeness (QED) is 0.364. The lowest BCUT2D eigenvalue weighted by atomic mass is 10.3. The molecular formula is C11H21N3O6. The van der Waals surface area contributed by atoms with Crippen molar-refractivity contribution in [3.63, 3.8) is 0 Å². The minimum Gasteiger partial charge on any atom is -0.480 e. The molecule has 0 saturated heterocycles. The van der Waals surface area contributed by atoms with Crippen molar-refractivity contribution in [2.45, 2.75) is 12.5 Å². The van der Waals surface area contributed by atoms with Crippen LogP contribution >= 0.6 is 0 Å². The van der Waals surface area contributed by atoms with E-state index in [2.05, 4.69) is 20.7 Å². The van der Waals surface area contributed by atoms with E-state index in [1.807, 2.05) is 0 Å². The highest BCUT2D eigenvalue weighted by Crippen LogP contribution is 1.86. The molecule has 0 aliphatic rings. The highest BCUT2D eigenvalue weighted by atomic mass is 16.5. The lowest BCUT2D eigenvalue weighted by Gasteiger charge is -2.14. The molecule has 9 heteroatoms. The van der Waals surface area contributed by atoms with Crippen molar-refractivity contribution in [2.24, 2.45) is 0 Å². The van der Waals surface area contributed by atoms with Crippen LogP contribution in [0.25, 0.3) is 0 Å². The third-order valence-corrected chi connectivity index (χ3v) is 2.20. The average molecular weight is 291 g/mol. The van der Waals surface area contributed by atoms with Crippen molar-refractivity contribution < 1.29 is 29.0 Å². The number of carbonyl (C=O) groups is 3. The third kappa shape index (κ3) is 9.11. The van der Waals surface area contributed by atoms with Gasteiger partial charge in [0, 0.05) is 33.7 Å². The second-order valence-electron chi connectivity index (χ2n) is 3.84. The van der Waals surface area contributed by atoms with E-state index < -0.39 is 18.0 Å². The van der Waals surface area contributed by atoms with Gasteiger partial charge in [0.25, 0.3) is 0 Å². The van der Waals surface area contributed by atoms with Crippen LogP contribution in [0, 0.1) is 0 Å². The number of carboxylic acids is 1. The molecule has 0 aliphatic heterocycles. The van der Waals surface area contributed by atoms with Gasteiger partial charge in [-0.15, -0.1) is 0 Å². The fourth-order valence-corrected chi connectivity index (χ4v) is 1.22. The number of ether oxygens (including phenoxy) is 2. The zero-order valence-corrected chi connectivity index (χ0v) is 11.6. The molecular weight excluding hydrogens is 270 g/mol. The first-order chi connectivity index (χ1) is 9.51. The van der Waals surface area contributed by atoms with Crippen molar-refractivity contribution in [2.75, 3.05) is 40.5 Å². The zero-order chi connectivity index (χ0) is 15.4. The lowest BCUT2D eigenvalue weighted by Crippen LogP contribution is -2.48. The Morgan fingerprint density at radius 1 is 1.10 bits per heavy atom. The first-order valence-electron chi connectivity index (χ1n) is 6.03. The highest BCUT2D eigenvalue weighted by Gasteiger charge is 2.19. The van der Waals surface area contributed by atoms with Crippen LogP contribution in [0.1, 0.15) is 6.42 Å². The van der Waals surface area contributed by atoms with Gasteiger partial charge in [-0.1, -0.05) is 0 Å². The van der Waals surface area contributed by atoms with Gasteiger partial charge in [-0.25, -0.2) is 9.59 Å². The third-order valence-electron chi connectivity index (χ3n) is 2.20. The van der Waals surface area contributed by atoms with Crippen LogP contribution in [-0.2, 0) is 19.1 Å². The van der Waals surface area contributed by atoms with E-state index in [9.17, 15) is 14.4 Å². The predicted octanol–water partition coefficient (Wildman–Crippen LogP) is -1.46. The van der Waals surface area contributed by atoms with Gasteiger partial charge in [-0.3, -0.25) is 4.79 Å². The zero-order valence-electron chi connectivity index (χ0n) is 11.6. The fourth-order valence-electron chi connectivity index (χ4n) is 1.22. The molecule has 9 nitrogen and oxygen atoms in total. The van der Waals surface area contributed by atoms with Crippen LogP contribution in [0.4, 0.5) is 4.79 Å². The van der Waals surface area contributed by atoms with Gasteiger partial charge in [0.1, 0.15) is 0 Å². The Bertz CT molecular complexity index is 323. The van der Waals surface area contributed by atoms with E-state index in [0.29, 0.717) is 13.2 Å². The average Bonchev–Trinajstić information content (AvgIpc) is 2.38. The van der Waals surface area contributed by atoms with E-state index in [4.69, 9.17) is 9.84 Å². The Labute approximate surface area is 117 Å². The second kappa shape index (κ2) is 11.0. The largest absolute Gasteiger partial charge is 0.480 e. The van der Waals surface area contributed by atoms with Crippen LogP contribution in [0.5, 0.6) is 0 Å². The molecule has 20 heavy (non-hydrogen) atoms. The van der Waals surface area contributed by atoms with Gasteiger partial charge in [-0.05, 0) is 0 Å². The summed E-state index contributed by atoms with van der Waals surface area (Å²) in [7, 11) is 2.86. The number of urea groups is 1. The van der Waals surface area contributed by atoms with E-state index >= 15 is 0 Å². The summed E-state index contributed by atoms with van der Waals surface area (Å²) in [5, 5.41) is 16.0. The van der Waals surface area contributed by atoms with Crippen molar-refractivity contribution in [3.8, 4) is 0 Å². The number of carboxylic acid groups (broad SMARTS) is 1. The minimum atomic E-state index is -1.20. The van der Waals surface area contributed by atoms with Crippen LogP contribution in [0.2, 0.25) is 0 Å². The molecule has 0 aromatic rings. The number of carbonyl (C=O) groups excluding carboxylic acids is 2. The number of rotatable bonds is 10. The summed E-state index contributed by atoms with van der Waals surface area (Å²) in [5.41, 5.74) is 0. The van der Waals surface area contributed by atoms with Gasteiger partial charge in [0.05, 0.1) is 13.2 Å². The molecule has 0 aromatic heterocycles. The number of amides is 3. The Hall–Kier alpha value is -1.87. The van der Waals surface area contributed by atoms with Crippen LogP contribution in [-0.4, -0.2) is 69.6 Å². The maximum Gasteiger partial charge on any atom is 0.328 e. The number of hydrogen-bond acceptors (Lipinski definition) is 5. The lowest BCUT2D eigenvalue weighted by molar-refractivity contribution is -0.140. The second-order valence-corrected chi connectivity index (χ2v) is 3.84. The number of methoxy groups -OCH3 is 2. The van der Waals surface area contributed by atoms with Gasteiger partial charge < -0.3 is 30.5 Å². The molecule has 0 aliphatic carbocycles. The van der Waals surface area contributed by atoms with Crippen molar-refractivity contribution in [1.29, 1.82) is 0 Å². The summed E-state index contributed by atoms with van der Waals surface area (Å²) in [6.45, 7) is 0.775. The maximum atomic E-state index is 11.4. The smallest absolute Gasteiger partial charge is 0.328 e. The van der Waals surface area contributed by atoms with Crippen molar-refractivity contribution in [3.05, 3.63) is 0 Å². The molecule has 3 amide bonds. The monoisotopic (exact) mass is 291 g/mol. The van der Waals surface area contributed by atoms with E-state index in [0.717, 1.165) is 0 Å². The maximum absolute atomic E-state index is 11.4. The van der Waals surface area contributed by atoms with Gasteiger partial charge >= 0.3 is 12.0 Å². The van der Waals surface area contributed by atoms with Crippen molar-refractivity contribution in [1.82, 2.24) is 16.0 Å². The first kappa shape index (κ1) is 18.1. The number of hydrogen-bond donors (Lipinski definition) is 4. The van der Waals surface area contributed by atoms with Crippen LogP contribution in [0.3, 0.4) is 0 Å². The molecule has 0 saturated carbocycles. The number of nitrogens with one attached hydrogen (secondary N) is 3. The van der Waals surface area contributed by atoms with Crippen LogP contribution in [0.15, 0.2) is 0 Å². The molecule has 0 radical (unpaired) electrons. The van der Waals surface area contributed by atoms with Crippen LogP contribution < -0.4 is 16.0 Å². The number of aliphatic carboxylic acids is 1. The van der Waals surface area contributed by atoms with Gasteiger partial charge in [0.2, 0.25) is 5.91 Å². The van der Waals surface area contributed by atoms with Gasteiger partial charge in [0.15, 0.2) is 6.04 Å². The molecule has 0 rings (SSSR count). The molecule has 0 bridgehead atoms. The Kier molecular flexibility index (Phi) is 9.97. The summed E-state index contributed by atoms with van der Waals surface area (Å²) in [6.07, 6.45) is 0.0964. The molecule has 0 aromatic carbocycles. The Balaban J connectivity index is 3.81. The van der Waals surface area contributed by atoms with Gasteiger partial charge in [-0.2, -0.15) is 0 Å². The SMILES string of the molecule is COCCNC(=O)CCNC(=O)NC(COC)C(=O)O. The summed E-state index contributed by atoms with van der Waals surface area (Å²) < 4.78 is 9.43. The standard InChI is InChI=1S/C11H21N3O6/c1-19-6-5-12-9(15)3-4-13-11(18)14-8(7-20-2)10(16)17/h8H,3-7H2,1-2H3,(H,12,15)(H,16,17)(H2,13,14,18). The molecule has 0 heterocycles. The normalized spacial score (nSPS) is 11.5.